The molecule has 0 radical (unpaired) electrons. The van der Waals surface area contributed by atoms with E-state index < -0.39 is 0 Å². The number of imide groups is 1. The van der Waals surface area contributed by atoms with Crippen LogP contribution in [-0.4, -0.2) is 11.8 Å². The lowest BCUT2D eigenvalue weighted by Crippen LogP contribution is -2.32. The molecule has 5 heteroatoms. The van der Waals surface area contributed by atoms with E-state index in [0.29, 0.717) is 16.8 Å². The minimum Gasteiger partial charge on any atom is -0.350 e. The maximum atomic E-state index is 13.5. The van der Waals surface area contributed by atoms with E-state index in [0.717, 1.165) is 20.9 Å². The molecule has 5 rings (SSSR count). The van der Waals surface area contributed by atoms with Crippen LogP contribution in [0.2, 0.25) is 0 Å². The Morgan fingerprint density at radius 2 is 1.42 bits per heavy atom. The Hall–Kier alpha value is -3.70. The second-order valence-corrected chi connectivity index (χ2v) is 8.11. The van der Waals surface area contributed by atoms with Crippen molar-refractivity contribution in [2.24, 2.45) is 0 Å². The molecule has 0 fully saturated rings. The lowest BCUT2D eigenvalue weighted by molar-refractivity contribution is -0.120. The zero-order chi connectivity index (χ0) is 21.4. The highest BCUT2D eigenvalue weighted by molar-refractivity contribution is 9.10. The van der Waals surface area contributed by atoms with Crippen molar-refractivity contribution in [3.8, 4) is 0 Å². The molecule has 4 nitrogen and oxygen atoms in total. The molecule has 0 spiro atoms. The maximum absolute atomic E-state index is 13.5. The van der Waals surface area contributed by atoms with Crippen LogP contribution in [0.15, 0.2) is 107 Å². The monoisotopic (exact) mass is 468 g/mol. The van der Waals surface area contributed by atoms with Gasteiger partial charge in [0.05, 0.1) is 11.3 Å². The van der Waals surface area contributed by atoms with Crippen LogP contribution >= 0.6 is 15.9 Å². The molecule has 150 valence electrons. The van der Waals surface area contributed by atoms with Crippen molar-refractivity contribution in [1.82, 2.24) is 0 Å². The third-order valence-electron chi connectivity index (χ3n) is 5.26. The molecule has 2 amide bonds. The summed E-state index contributed by atoms with van der Waals surface area (Å²) in [5.74, 6) is -0.730. The second kappa shape index (κ2) is 7.85. The zero-order valence-corrected chi connectivity index (χ0v) is 18.0. The fraction of sp³-hybridized carbons (Fsp3) is 0. The molecular weight excluding hydrogens is 452 g/mol. The van der Waals surface area contributed by atoms with Gasteiger partial charge in [-0.3, -0.25) is 9.59 Å². The van der Waals surface area contributed by atoms with Crippen LogP contribution in [0.5, 0.6) is 0 Å². The summed E-state index contributed by atoms with van der Waals surface area (Å²) in [6.07, 6.45) is 0. The van der Waals surface area contributed by atoms with E-state index in [1.807, 2.05) is 78.9 Å². The molecule has 0 saturated heterocycles. The third kappa shape index (κ3) is 3.43. The molecule has 0 atom stereocenters. The van der Waals surface area contributed by atoms with Crippen LogP contribution in [0.4, 0.5) is 11.4 Å². The van der Waals surface area contributed by atoms with Gasteiger partial charge in [0.25, 0.3) is 11.8 Å². The Labute approximate surface area is 187 Å². The van der Waals surface area contributed by atoms with Gasteiger partial charge in [-0.2, -0.15) is 0 Å². The molecular formula is C26H17BrN2O2. The fourth-order valence-electron chi connectivity index (χ4n) is 3.84. The number of hydrogen-bond donors (Lipinski definition) is 1. The number of nitrogens with one attached hydrogen (secondary N) is 1. The number of fused-ring (bicyclic) bond motifs is 1. The largest absolute Gasteiger partial charge is 0.350 e. The molecule has 4 aromatic carbocycles. The van der Waals surface area contributed by atoms with Crippen molar-refractivity contribution in [3.05, 3.63) is 113 Å². The Morgan fingerprint density at radius 1 is 0.710 bits per heavy atom. The molecule has 31 heavy (non-hydrogen) atoms. The molecule has 0 saturated carbocycles. The summed E-state index contributed by atoms with van der Waals surface area (Å²) >= 11 is 3.43. The molecule has 1 heterocycles. The standard InChI is InChI=1S/C26H17BrN2O2/c27-19-12-7-13-20(16-19)29-25(30)23(18-9-2-1-3-10-18)24(26(29)31)28-22-15-6-11-17-8-4-5-14-21(17)22/h1-16,28H. The lowest BCUT2D eigenvalue weighted by atomic mass is 10.0. The first-order valence-electron chi connectivity index (χ1n) is 9.82. The van der Waals surface area contributed by atoms with Gasteiger partial charge in [-0.1, -0.05) is 88.7 Å². The van der Waals surface area contributed by atoms with Gasteiger partial charge in [0.1, 0.15) is 5.70 Å². The number of rotatable bonds is 4. The van der Waals surface area contributed by atoms with E-state index in [4.69, 9.17) is 0 Å². The second-order valence-electron chi connectivity index (χ2n) is 7.19. The van der Waals surface area contributed by atoms with Gasteiger partial charge in [0.15, 0.2) is 0 Å². The Kier molecular flexibility index (Phi) is 4.88. The van der Waals surface area contributed by atoms with Gasteiger partial charge in [-0.05, 0) is 35.2 Å². The number of anilines is 2. The molecule has 4 aromatic rings. The highest BCUT2D eigenvalue weighted by atomic mass is 79.9. The number of carbonyl (C=O) groups is 2. The van der Waals surface area contributed by atoms with Crippen molar-refractivity contribution in [2.45, 2.75) is 0 Å². The van der Waals surface area contributed by atoms with Crippen LogP contribution < -0.4 is 10.2 Å². The number of benzene rings is 4. The predicted octanol–water partition coefficient (Wildman–Crippen LogP) is 6.00. The number of amides is 2. The van der Waals surface area contributed by atoms with Crippen molar-refractivity contribution >= 4 is 55.5 Å². The van der Waals surface area contributed by atoms with Crippen LogP contribution in [0, 0.1) is 0 Å². The average Bonchev–Trinajstić information content (AvgIpc) is 3.04. The number of hydrogen-bond acceptors (Lipinski definition) is 3. The third-order valence-corrected chi connectivity index (χ3v) is 5.76. The summed E-state index contributed by atoms with van der Waals surface area (Å²) < 4.78 is 0.794. The van der Waals surface area contributed by atoms with Gasteiger partial charge in [0.2, 0.25) is 0 Å². The van der Waals surface area contributed by atoms with Crippen LogP contribution in [0.1, 0.15) is 5.56 Å². The highest BCUT2D eigenvalue weighted by Crippen LogP contribution is 2.35. The SMILES string of the molecule is O=C1C(Nc2cccc3ccccc23)=C(c2ccccc2)C(=O)N1c1cccc(Br)c1. The first-order chi connectivity index (χ1) is 15.1. The van der Waals surface area contributed by atoms with Crippen molar-refractivity contribution < 1.29 is 9.59 Å². The molecule has 0 unspecified atom stereocenters. The Balaban J connectivity index is 1.66. The van der Waals surface area contributed by atoms with E-state index in [-0.39, 0.29) is 17.5 Å². The average molecular weight is 469 g/mol. The van der Waals surface area contributed by atoms with Crippen LogP contribution in [-0.2, 0) is 9.59 Å². The van der Waals surface area contributed by atoms with Gasteiger partial charge < -0.3 is 5.32 Å². The smallest absolute Gasteiger partial charge is 0.282 e. The van der Waals surface area contributed by atoms with Crippen molar-refractivity contribution in [3.63, 3.8) is 0 Å². The minimum atomic E-state index is -0.380. The Bertz CT molecular complexity index is 1360. The summed E-state index contributed by atoms with van der Waals surface area (Å²) in [6.45, 7) is 0. The highest BCUT2D eigenvalue weighted by Gasteiger charge is 2.40. The Morgan fingerprint density at radius 3 is 2.23 bits per heavy atom. The summed E-state index contributed by atoms with van der Waals surface area (Å²) in [4.78, 5) is 28.2. The number of nitrogens with zero attached hydrogens (tertiary/aromatic N) is 1. The quantitative estimate of drug-likeness (QED) is 0.373. The van der Waals surface area contributed by atoms with E-state index in [2.05, 4.69) is 21.2 Å². The number of carbonyl (C=O) groups excluding carboxylic acids is 2. The fourth-order valence-corrected chi connectivity index (χ4v) is 4.22. The van der Waals surface area contributed by atoms with Gasteiger partial charge in [-0.15, -0.1) is 0 Å². The van der Waals surface area contributed by atoms with Gasteiger partial charge in [-0.25, -0.2) is 4.90 Å². The van der Waals surface area contributed by atoms with Crippen LogP contribution in [0.25, 0.3) is 16.3 Å². The first kappa shape index (κ1) is 19.3. The van der Waals surface area contributed by atoms with Gasteiger partial charge in [0, 0.05) is 15.5 Å². The maximum Gasteiger partial charge on any atom is 0.282 e. The topological polar surface area (TPSA) is 49.4 Å². The molecule has 0 aromatic heterocycles. The first-order valence-corrected chi connectivity index (χ1v) is 10.6. The summed E-state index contributed by atoms with van der Waals surface area (Å²) in [7, 11) is 0. The lowest BCUT2D eigenvalue weighted by Gasteiger charge is -2.16. The number of halogens is 1. The zero-order valence-electron chi connectivity index (χ0n) is 16.4. The van der Waals surface area contributed by atoms with Crippen LogP contribution in [0.3, 0.4) is 0 Å². The minimum absolute atomic E-state index is 0.271. The summed E-state index contributed by atoms with van der Waals surface area (Å²) in [6, 6.07) is 30.3. The molecule has 0 aliphatic carbocycles. The van der Waals surface area contributed by atoms with Crippen molar-refractivity contribution in [1.29, 1.82) is 0 Å². The molecule has 1 aliphatic heterocycles. The molecule has 0 bridgehead atoms. The predicted molar refractivity (Wildman–Crippen MR) is 128 cm³/mol. The summed E-state index contributed by atoms with van der Waals surface area (Å²) in [5.41, 5.74) is 2.62. The van der Waals surface area contributed by atoms with E-state index in [1.54, 1.807) is 18.2 Å². The van der Waals surface area contributed by atoms with E-state index in [1.165, 1.54) is 4.90 Å². The normalized spacial score (nSPS) is 13.9. The van der Waals surface area contributed by atoms with Gasteiger partial charge >= 0.3 is 0 Å². The van der Waals surface area contributed by atoms with Crippen molar-refractivity contribution in [2.75, 3.05) is 10.2 Å². The van der Waals surface area contributed by atoms with E-state index >= 15 is 0 Å². The molecule has 1 N–H and O–H groups in total. The summed E-state index contributed by atoms with van der Waals surface area (Å²) in [5, 5.41) is 5.31. The molecule has 1 aliphatic rings. The van der Waals surface area contributed by atoms with E-state index in [9.17, 15) is 9.59 Å².